The Hall–Kier alpha value is -2.28. The Kier molecular flexibility index (Phi) is 2.61. The molecule has 4 heteroatoms. The topological polar surface area (TPSA) is 55.7 Å². The second-order valence-corrected chi connectivity index (χ2v) is 3.67. The van der Waals surface area contributed by atoms with E-state index in [1.807, 2.05) is 49.3 Å². The van der Waals surface area contributed by atoms with E-state index in [0.717, 1.165) is 11.4 Å². The summed E-state index contributed by atoms with van der Waals surface area (Å²) in [7, 11) is 3.76. The minimum atomic E-state index is 0.580. The van der Waals surface area contributed by atoms with Gasteiger partial charge >= 0.3 is 0 Å². The number of nitrogens with zero attached hydrogens (tertiary/aromatic N) is 3. The molecule has 16 heavy (non-hydrogen) atoms. The SMILES string of the molecule is CN(C)c1[nH]nc(-c2ccccc2)c1C#N. The Morgan fingerprint density at radius 2 is 1.94 bits per heavy atom. The average molecular weight is 212 g/mol. The van der Waals surface area contributed by atoms with Crippen molar-refractivity contribution >= 4 is 5.82 Å². The van der Waals surface area contributed by atoms with Crippen LogP contribution < -0.4 is 4.90 Å². The first-order valence-corrected chi connectivity index (χ1v) is 4.95. The summed E-state index contributed by atoms with van der Waals surface area (Å²) >= 11 is 0. The van der Waals surface area contributed by atoms with Crippen LogP contribution in [0.15, 0.2) is 30.3 Å². The summed E-state index contributed by atoms with van der Waals surface area (Å²) in [6, 6.07) is 11.9. The van der Waals surface area contributed by atoms with E-state index in [1.165, 1.54) is 0 Å². The van der Waals surface area contributed by atoms with Crippen LogP contribution in [0.4, 0.5) is 5.82 Å². The van der Waals surface area contributed by atoms with Gasteiger partial charge < -0.3 is 4.90 Å². The van der Waals surface area contributed by atoms with Crippen LogP contribution in [0.25, 0.3) is 11.3 Å². The van der Waals surface area contributed by atoms with Crippen molar-refractivity contribution in [1.82, 2.24) is 10.2 Å². The Labute approximate surface area is 94.1 Å². The van der Waals surface area contributed by atoms with Crippen LogP contribution >= 0.6 is 0 Å². The second kappa shape index (κ2) is 4.07. The Balaban J connectivity index is 2.56. The molecule has 1 heterocycles. The van der Waals surface area contributed by atoms with Crippen molar-refractivity contribution in [1.29, 1.82) is 5.26 Å². The fraction of sp³-hybridized carbons (Fsp3) is 0.167. The molecule has 0 saturated carbocycles. The molecule has 1 aromatic carbocycles. The molecular formula is C12H12N4. The summed E-state index contributed by atoms with van der Waals surface area (Å²) in [4.78, 5) is 1.85. The highest BCUT2D eigenvalue weighted by atomic mass is 15.2. The third kappa shape index (κ3) is 1.63. The zero-order chi connectivity index (χ0) is 11.5. The molecule has 0 aliphatic carbocycles. The third-order valence-corrected chi connectivity index (χ3v) is 2.35. The number of nitriles is 1. The summed E-state index contributed by atoms with van der Waals surface area (Å²) in [5.74, 6) is 0.737. The van der Waals surface area contributed by atoms with Crippen molar-refractivity contribution in [2.75, 3.05) is 19.0 Å². The van der Waals surface area contributed by atoms with Gasteiger partial charge in [0.2, 0.25) is 0 Å². The molecule has 0 amide bonds. The normalized spacial score (nSPS) is 9.81. The Bertz CT molecular complexity index is 520. The molecule has 80 valence electrons. The highest BCUT2D eigenvalue weighted by Gasteiger charge is 2.15. The van der Waals surface area contributed by atoms with Gasteiger partial charge in [-0.1, -0.05) is 30.3 Å². The Morgan fingerprint density at radius 1 is 1.25 bits per heavy atom. The average Bonchev–Trinajstić information content (AvgIpc) is 2.73. The van der Waals surface area contributed by atoms with Crippen molar-refractivity contribution in [3.63, 3.8) is 0 Å². The van der Waals surface area contributed by atoms with Gasteiger partial charge in [-0.3, -0.25) is 5.10 Å². The van der Waals surface area contributed by atoms with E-state index < -0.39 is 0 Å². The molecule has 0 bridgehead atoms. The maximum absolute atomic E-state index is 9.16. The number of benzene rings is 1. The van der Waals surface area contributed by atoms with Crippen LogP contribution in [0, 0.1) is 11.3 Å². The van der Waals surface area contributed by atoms with Crippen LogP contribution in [-0.2, 0) is 0 Å². The minimum Gasteiger partial charge on any atom is -0.362 e. The first-order valence-electron chi connectivity index (χ1n) is 4.95. The molecule has 0 saturated heterocycles. The van der Waals surface area contributed by atoms with Crippen LogP contribution in [-0.4, -0.2) is 24.3 Å². The molecule has 2 aromatic rings. The molecule has 1 N–H and O–H groups in total. The monoisotopic (exact) mass is 212 g/mol. The van der Waals surface area contributed by atoms with Crippen molar-refractivity contribution in [2.45, 2.75) is 0 Å². The number of anilines is 1. The van der Waals surface area contributed by atoms with Crippen LogP contribution in [0.3, 0.4) is 0 Å². The first kappa shape index (κ1) is 10.2. The zero-order valence-electron chi connectivity index (χ0n) is 9.23. The number of nitrogens with one attached hydrogen (secondary N) is 1. The molecule has 0 spiro atoms. The number of hydrogen-bond acceptors (Lipinski definition) is 3. The number of aromatic nitrogens is 2. The maximum atomic E-state index is 9.16. The number of H-pyrrole nitrogens is 1. The van der Waals surface area contributed by atoms with E-state index in [0.29, 0.717) is 11.3 Å². The zero-order valence-corrected chi connectivity index (χ0v) is 9.23. The van der Waals surface area contributed by atoms with E-state index in [1.54, 1.807) is 0 Å². The Morgan fingerprint density at radius 3 is 2.50 bits per heavy atom. The molecule has 1 aromatic heterocycles. The lowest BCUT2D eigenvalue weighted by molar-refractivity contribution is 1.01. The maximum Gasteiger partial charge on any atom is 0.142 e. The smallest absolute Gasteiger partial charge is 0.142 e. The predicted molar refractivity (Wildman–Crippen MR) is 63.1 cm³/mol. The van der Waals surface area contributed by atoms with Crippen molar-refractivity contribution in [3.05, 3.63) is 35.9 Å². The standard InChI is InChI=1S/C12H12N4/c1-16(2)12-10(8-13)11(14-15-12)9-6-4-3-5-7-9/h3-7H,1-2H3,(H,14,15). The third-order valence-electron chi connectivity index (χ3n) is 2.35. The molecule has 0 radical (unpaired) electrons. The van der Waals surface area contributed by atoms with Gasteiger partial charge in [-0.2, -0.15) is 10.4 Å². The molecule has 2 rings (SSSR count). The summed E-state index contributed by atoms with van der Waals surface area (Å²) in [6.45, 7) is 0. The second-order valence-electron chi connectivity index (χ2n) is 3.67. The predicted octanol–water partition coefficient (Wildman–Crippen LogP) is 2.01. The molecule has 0 atom stereocenters. The molecule has 0 aliphatic rings. The van der Waals surface area contributed by atoms with E-state index in [4.69, 9.17) is 5.26 Å². The number of hydrogen-bond donors (Lipinski definition) is 1. The number of aromatic amines is 1. The molecular weight excluding hydrogens is 200 g/mol. The quantitative estimate of drug-likeness (QED) is 0.828. The van der Waals surface area contributed by atoms with E-state index >= 15 is 0 Å². The molecule has 4 nitrogen and oxygen atoms in total. The van der Waals surface area contributed by atoms with E-state index in [9.17, 15) is 0 Å². The lowest BCUT2D eigenvalue weighted by Crippen LogP contribution is -2.10. The summed E-state index contributed by atoms with van der Waals surface area (Å²) in [5.41, 5.74) is 2.23. The van der Waals surface area contributed by atoms with Gasteiger partial charge in [0.05, 0.1) is 0 Å². The molecule has 0 unspecified atom stereocenters. The van der Waals surface area contributed by atoms with Gasteiger partial charge in [0.15, 0.2) is 0 Å². The fourth-order valence-corrected chi connectivity index (χ4v) is 1.57. The van der Waals surface area contributed by atoms with Crippen LogP contribution in [0.2, 0.25) is 0 Å². The lowest BCUT2D eigenvalue weighted by Gasteiger charge is -2.08. The first-order chi connectivity index (χ1) is 7.74. The summed E-state index contributed by atoms with van der Waals surface area (Å²) < 4.78 is 0. The van der Waals surface area contributed by atoms with Gasteiger partial charge in [-0.05, 0) is 0 Å². The summed E-state index contributed by atoms with van der Waals surface area (Å²) in [5, 5.41) is 16.2. The van der Waals surface area contributed by atoms with Crippen molar-refractivity contribution in [2.24, 2.45) is 0 Å². The highest BCUT2D eigenvalue weighted by molar-refractivity contribution is 5.73. The van der Waals surface area contributed by atoms with Crippen LogP contribution in [0.5, 0.6) is 0 Å². The molecule has 0 fully saturated rings. The largest absolute Gasteiger partial charge is 0.362 e. The van der Waals surface area contributed by atoms with Gasteiger partial charge in [0.25, 0.3) is 0 Å². The highest BCUT2D eigenvalue weighted by Crippen LogP contribution is 2.26. The van der Waals surface area contributed by atoms with E-state index in [2.05, 4.69) is 16.3 Å². The van der Waals surface area contributed by atoms with Crippen LogP contribution in [0.1, 0.15) is 5.56 Å². The number of rotatable bonds is 2. The minimum absolute atomic E-state index is 0.580. The van der Waals surface area contributed by atoms with Crippen molar-refractivity contribution < 1.29 is 0 Å². The van der Waals surface area contributed by atoms with E-state index in [-0.39, 0.29) is 0 Å². The lowest BCUT2D eigenvalue weighted by atomic mass is 10.1. The molecule has 0 aliphatic heterocycles. The summed E-state index contributed by atoms with van der Waals surface area (Å²) in [6.07, 6.45) is 0. The van der Waals surface area contributed by atoms with Gasteiger partial charge in [0.1, 0.15) is 23.1 Å². The fourth-order valence-electron chi connectivity index (χ4n) is 1.57. The van der Waals surface area contributed by atoms with Gasteiger partial charge in [-0.15, -0.1) is 0 Å². The van der Waals surface area contributed by atoms with Gasteiger partial charge in [0, 0.05) is 19.7 Å². The van der Waals surface area contributed by atoms with Crippen molar-refractivity contribution in [3.8, 4) is 17.3 Å². The van der Waals surface area contributed by atoms with Gasteiger partial charge in [-0.25, -0.2) is 0 Å².